The maximum Gasteiger partial charge on any atom is 0.252 e. The van der Waals surface area contributed by atoms with E-state index in [1.54, 1.807) is 7.05 Å². The molecule has 1 N–H and O–H groups in total. The molecule has 0 aliphatic heterocycles. The molecule has 0 amide bonds. The number of benzene rings is 1. The predicted octanol–water partition coefficient (Wildman–Crippen LogP) is 1.74. The molecule has 114 valence electrons. The molecule has 0 aliphatic rings. The Bertz CT molecular complexity index is 576. The predicted molar refractivity (Wildman–Crippen MR) is 69.7 cm³/mol. The van der Waals surface area contributed by atoms with Crippen LogP contribution in [0.3, 0.4) is 0 Å². The summed E-state index contributed by atoms with van der Waals surface area (Å²) in [7, 11) is -1.46. The van der Waals surface area contributed by atoms with Crippen molar-refractivity contribution in [2.45, 2.75) is 24.8 Å². The van der Waals surface area contributed by atoms with Gasteiger partial charge in [-0.25, -0.2) is 21.6 Å². The monoisotopic (exact) mass is 310 g/mol. The van der Waals surface area contributed by atoms with Gasteiger partial charge in [-0.3, -0.25) is 0 Å². The lowest BCUT2D eigenvalue weighted by Crippen LogP contribution is -2.32. The van der Waals surface area contributed by atoms with Crippen LogP contribution in [0.4, 0.5) is 13.2 Å². The van der Waals surface area contributed by atoms with Crippen LogP contribution in [0.5, 0.6) is 0 Å². The van der Waals surface area contributed by atoms with Gasteiger partial charge in [0.2, 0.25) is 10.0 Å². The Kier molecular flexibility index (Phi) is 5.55. The molecule has 0 bridgehead atoms. The number of nitrogens with zero attached hydrogens (tertiary/aromatic N) is 1. The second-order valence-electron chi connectivity index (χ2n) is 4.41. The highest BCUT2D eigenvalue weighted by molar-refractivity contribution is 7.89. The summed E-state index contributed by atoms with van der Waals surface area (Å²) in [5, 5.41) is 2.78. The summed E-state index contributed by atoms with van der Waals surface area (Å²) in [5.41, 5.74) is 0.352. The van der Waals surface area contributed by atoms with Gasteiger partial charge in [0, 0.05) is 19.2 Å². The quantitative estimate of drug-likeness (QED) is 0.871. The van der Waals surface area contributed by atoms with E-state index in [0.29, 0.717) is 9.87 Å². The first-order valence-electron chi connectivity index (χ1n) is 5.88. The number of halogens is 3. The van der Waals surface area contributed by atoms with Gasteiger partial charge in [-0.2, -0.15) is 4.31 Å². The molecule has 0 saturated heterocycles. The zero-order valence-corrected chi connectivity index (χ0v) is 12.3. The molecular formula is C12H17F3N2O2S. The van der Waals surface area contributed by atoms with E-state index in [2.05, 4.69) is 5.32 Å². The lowest BCUT2D eigenvalue weighted by molar-refractivity contribution is 0.126. The van der Waals surface area contributed by atoms with E-state index in [1.807, 2.05) is 0 Å². The third-order valence-corrected chi connectivity index (χ3v) is 4.77. The normalized spacial score (nSPS) is 12.4. The minimum atomic E-state index is -4.14. The van der Waals surface area contributed by atoms with Crippen LogP contribution >= 0.6 is 0 Å². The average Bonchev–Trinajstić information content (AvgIpc) is 2.32. The van der Waals surface area contributed by atoms with Crippen LogP contribution in [0.1, 0.15) is 11.1 Å². The topological polar surface area (TPSA) is 49.4 Å². The molecule has 0 aromatic heterocycles. The number of nitrogens with one attached hydrogen (secondary N) is 1. The fourth-order valence-corrected chi connectivity index (χ4v) is 3.17. The van der Waals surface area contributed by atoms with Crippen molar-refractivity contribution >= 4 is 10.0 Å². The first kappa shape index (κ1) is 16.9. The van der Waals surface area contributed by atoms with Crippen molar-refractivity contribution in [2.24, 2.45) is 0 Å². The standard InChI is InChI=1S/C12H17F3N2O2S/c1-8-10(13)4-9(6-16-2)5-11(8)20(18,19)17(3)7-12(14)15/h4-5,12,16H,6-7H2,1-3H3. The molecule has 0 aliphatic carbocycles. The molecule has 0 heterocycles. The van der Waals surface area contributed by atoms with Crippen molar-refractivity contribution < 1.29 is 21.6 Å². The Hall–Kier alpha value is -1.12. The molecule has 0 fully saturated rings. The van der Waals surface area contributed by atoms with E-state index in [4.69, 9.17) is 0 Å². The van der Waals surface area contributed by atoms with Crippen LogP contribution in [0.15, 0.2) is 17.0 Å². The van der Waals surface area contributed by atoms with Crippen LogP contribution in [0.2, 0.25) is 0 Å². The van der Waals surface area contributed by atoms with E-state index >= 15 is 0 Å². The Balaban J connectivity index is 3.29. The van der Waals surface area contributed by atoms with Gasteiger partial charge in [0.05, 0.1) is 11.4 Å². The van der Waals surface area contributed by atoms with Crippen molar-refractivity contribution in [1.82, 2.24) is 9.62 Å². The van der Waals surface area contributed by atoms with Crippen LogP contribution < -0.4 is 5.32 Å². The van der Waals surface area contributed by atoms with Gasteiger partial charge in [-0.15, -0.1) is 0 Å². The molecule has 0 spiro atoms. The lowest BCUT2D eigenvalue weighted by atomic mass is 10.1. The van der Waals surface area contributed by atoms with E-state index in [-0.39, 0.29) is 17.0 Å². The van der Waals surface area contributed by atoms with Gasteiger partial charge in [-0.05, 0) is 31.7 Å². The maximum atomic E-state index is 13.8. The average molecular weight is 310 g/mol. The highest BCUT2D eigenvalue weighted by Crippen LogP contribution is 2.23. The molecule has 1 aromatic rings. The largest absolute Gasteiger partial charge is 0.316 e. The van der Waals surface area contributed by atoms with Crippen molar-refractivity contribution in [1.29, 1.82) is 0 Å². The second-order valence-corrected chi connectivity index (χ2v) is 6.42. The molecule has 0 unspecified atom stereocenters. The number of hydrogen-bond donors (Lipinski definition) is 1. The SMILES string of the molecule is CNCc1cc(F)c(C)c(S(=O)(=O)N(C)CC(F)F)c1. The smallest absolute Gasteiger partial charge is 0.252 e. The van der Waals surface area contributed by atoms with Crippen LogP contribution in [0.25, 0.3) is 0 Å². The third kappa shape index (κ3) is 3.71. The molecule has 0 saturated carbocycles. The second kappa shape index (κ2) is 6.55. The fourth-order valence-electron chi connectivity index (χ4n) is 1.74. The van der Waals surface area contributed by atoms with Crippen molar-refractivity contribution in [3.05, 3.63) is 29.1 Å². The number of rotatable bonds is 6. The lowest BCUT2D eigenvalue weighted by Gasteiger charge is -2.19. The van der Waals surface area contributed by atoms with E-state index in [1.165, 1.54) is 19.1 Å². The van der Waals surface area contributed by atoms with Crippen molar-refractivity contribution in [3.63, 3.8) is 0 Å². The van der Waals surface area contributed by atoms with Gasteiger partial charge in [0.1, 0.15) is 5.82 Å². The molecular weight excluding hydrogens is 293 g/mol. The van der Waals surface area contributed by atoms with Gasteiger partial charge in [-0.1, -0.05) is 0 Å². The summed E-state index contributed by atoms with van der Waals surface area (Å²) in [6.45, 7) is 0.652. The summed E-state index contributed by atoms with van der Waals surface area (Å²) < 4.78 is 63.3. The molecule has 4 nitrogen and oxygen atoms in total. The van der Waals surface area contributed by atoms with E-state index in [9.17, 15) is 21.6 Å². The van der Waals surface area contributed by atoms with Crippen molar-refractivity contribution in [2.75, 3.05) is 20.6 Å². The van der Waals surface area contributed by atoms with Crippen molar-refractivity contribution in [3.8, 4) is 0 Å². The molecule has 1 rings (SSSR count). The number of sulfonamides is 1. The summed E-state index contributed by atoms with van der Waals surface area (Å²) in [6.07, 6.45) is -2.79. The Morgan fingerprint density at radius 1 is 1.35 bits per heavy atom. The minimum Gasteiger partial charge on any atom is -0.316 e. The summed E-state index contributed by atoms with van der Waals surface area (Å²) in [5.74, 6) is -0.679. The third-order valence-electron chi connectivity index (χ3n) is 2.82. The summed E-state index contributed by atoms with van der Waals surface area (Å²) in [4.78, 5) is -0.286. The van der Waals surface area contributed by atoms with E-state index < -0.39 is 28.8 Å². The minimum absolute atomic E-state index is 0.0778. The molecule has 1 aromatic carbocycles. The maximum absolute atomic E-state index is 13.8. The molecule has 0 radical (unpaired) electrons. The van der Waals surface area contributed by atoms with Crippen LogP contribution in [-0.4, -0.2) is 39.8 Å². The highest BCUT2D eigenvalue weighted by Gasteiger charge is 2.26. The number of hydrogen-bond acceptors (Lipinski definition) is 3. The number of alkyl halides is 2. The van der Waals surface area contributed by atoms with Gasteiger partial charge in [0.15, 0.2) is 0 Å². The van der Waals surface area contributed by atoms with E-state index in [0.717, 1.165) is 7.05 Å². The van der Waals surface area contributed by atoms with Crippen LogP contribution in [0, 0.1) is 12.7 Å². The fraction of sp³-hybridized carbons (Fsp3) is 0.500. The van der Waals surface area contributed by atoms with Gasteiger partial charge >= 0.3 is 0 Å². The molecule has 20 heavy (non-hydrogen) atoms. The zero-order chi connectivity index (χ0) is 15.5. The zero-order valence-electron chi connectivity index (χ0n) is 11.5. The summed E-state index contributed by atoms with van der Waals surface area (Å²) in [6, 6.07) is 2.52. The van der Waals surface area contributed by atoms with Gasteiger partial charge < -0.3 is 5.32 Å². The highest BCUT2D eigenvalue weighted by atomic mass is 32.2. The molecule has 8 heteroatoms. The summed E-state index contributed by atoms with van der Waals surface area (Å²) >= 11 is 0. The first-order chi connectivity index (χ1) is 9.20. The Morgan fingerprint density at radius 2 is 1.95 bits per heavy atom. The molecule has 0 atom stereocenters. The first-order valence-corrected chi connectivity index (χ1v) is 7.32. The van der Waals surface area contributed by atoms with Crippen LogP contribution in [-0.2, 0) is 16.6 Å². The van der Waals surface area contributed by atoms with Gasteiger partial charge in [0.25, 0.3) is 6.43 Å². The Labute approximate surface area is 116 Å². The Morgan fingerprint density at radius 3 is 2.45 bits per heavy atom.